The fourth-order valence-corrected chi connectivity index (χ4v) is 1.87. The molecule has 0 N–H and O–H groups in total. The van der Waals surface area contributed by atoms with Crippen molar-refractivity contribution in [2.24, 2.45) is 0 Å². The Labute approximate surface area is 73.6 Å². The van der Waals surface area contributed by atoms with Crippen LogP contribution in [0.3, 0.4) is 0 Å². The van der Waals surface area contributed by atoms with Gasteiger partial charge < -0.3 is 4.74 Å². The summed E-state index contributed by atoms with van der Waals surface area (Å²) in [5.41, 5.74) is 1.51. The highest BCUT2D eigenvalue weighted by atomic mass is 19.2. The highest BCUT2D eigenvalue weighted by molar-refractivity contribution is 5.43. The predicted molar refractivity (Wildman–Crippen MR) is 42.1 cm³/mol. The van der Waals surface area contributed by atoms with E-state index < -0.39 is 11.6 Å². The van der Waals surface area contributed by atoms with Crippen LogP contribution in [0.2, 0.25) is 0 Å². The van der Waals surface area contributed by atoms with Gasteiger partial charge in [0.05, 0.1) is 0 Å². The Morgan fingerprint density at radius 3 is 1.85 bits per heavy atom. The zero-order valence-corrected chi connectivity index (χ0v) is 6.63. The van der Waals surface area contributed by atoms with Gasteiger partial charge in [-0.25, -0.2) is 8.78 Å². The van der Waals surface area contributed by atoms with Crippen molar-refractivity contribution in [2.75, 3.05) is 0 Å². The van der Waals surface area contributed by atoms with E-state index in [0.717, 1.165) is 11.1 Å². The fourth-order valence-electron chi connectivity index (χ4n) is 1.87. The van der Waals surface area contributed by atoms with Crippen LogP contribution in [0.5, 0.6) is 0 Å². The van der Waals surface area contributed by atoms with Crippen molar-refractivity contribution >= 4 is 0 Å². The molecule has 0 saturated heterocycles. The first-order valence-corrected chi connectivity index (χ1v) is 4.08. The maximum Gasteiger partial charge on any atom is 0.159 e. The molecule has 0 aliphatic carbocycles. The van der Waals surface area contributed by atoms with E-state index in [1.807, 2.05) is 12.2 Å². The summed E-state index contributed by atoms with van der Waals surface area (Å²) in [4.78, 5) is 0. The van der Waals surface area contributed by atoms with E-state index in [2.05, 4.69) is 0 Å². The summed E-state index contributed by atoms with van der Waals surface area (Å²) in [5, 5.41) is 0. The first kappa shape index (κ1) is 7.21. The number of hydrogen-bond acceptors (Lipinski definition) is 1. The molecule has 0 aromatic heterocycles. The van der Waals surface area contributed by atoms with Crippen molar-refractivity contribution in [1.29, 1.82) is 0 Å². The maximum absolute atomic E-state index is 12.8. The van der Waals surface area contributed by atoms with E-state index in [0.29, 0.717) is 0 Å². The first-order chi connectivity index (χ1) is 6.25. The number of hydrogen-bond donors (Lipinski definition) is 0. The SMILES string of the molecule is Fc1cc2c(cc1F)[C@H]1C=C[C@H]2O1. The Morgan fingerprint density at radius 1 is 0.923 bits per heavy atom. The summed E-state index contributed by atoms with van der Waals surface area (Å²) in [5.74, 6) is -1.60. The monoisotopic (exact) mass is 180 g/mol. The highest BCUT2D eigenvalue weighted by Gasteiger charge is 2.34. The third kappa shape index (κ3) is 0.823. The van der Waals surface area contributed by atoms with Gasteiger partial charge in [0.1, 0.15) is 12.2 Å². The van der Waals surface area contributed by atoms with E-state index >= 15 is 0 Å². The second-order valence-corrected chi connectivity index (χ2v) is 3.26. The van der Waals surface area contributed by atoms with Gasteiger partial charge in [-0.3, -0.25) is 0 Å². The minimum absolute atomic E-state index is 0.171. The van der Waals surface area contributed by atoms with Crippen LogP contribution in [-0.2, 0) is 4.74 Å². The molecule has 66 valence electrons. The summed E-state index contributed by atoms with van der Waals surface area (Å²) in [7, 11) is 0. The van der Waals surface area contributed by atoms with Crippen LogP contribution in [0.25, 0.3) is 0 Å². The zero-order valence-electron chi connectivity index (χ0n) is 6.63. The third-order valence-corrected chi connectivity index (χ3v) is 2.49. The van der Waals surface area contributed by atoms with Crippen LogP contribution in [0.1, 0.15) is 23.3 Å². The number of fused-ring (bicyclic) bond motifs is 5. The van der Waals surface area contributed by atoms with Gasteiger partial charge in [-0.15, -0.1) is 0 Å². The van der Waals surface area contributed by atoms with Crippen LogP contribution in [0, 0.1) is 11.6 Å². The van der Waals surface area contributed by atoms with Crippen molar-refractivity contribution in [3.05, 3.63) is 47.0 Å². The first-order valence-electron chi connectivity index (χ1n) is 4.08. The molecule has 0 unspecified atom stereocenters. The molecule has 2 heterocycles. The lowest BCUT2D eigenvalue weighted by atomic mass is 9.97. The second kappa shape index (κ2) is 2.17. The molecule has 1 nitrogen and oxygen atoms in total. The molecule has 0 spiro atoms. The Bertz CT molecular complexity index is 375. The summed E-state index contributed by atoms with van der Waals surface area (Å²) in [6, 6.07) is 2.44. The van der Waals surface area contributed by atoms with Crippen molar-refractivity contribution in [2.45, 2.75) is 12.2 Å². The molecule has 0 radical (unpaired) electrons. The quantitative estimate of drug-likeness (QED) is 0.557. The maximum atomic E-state index is 12.8. The van der Waals surface area contributed by atoms with Crippen LogP contribution in [0.15, 0.2) is 24.3 Å². The summed E-state index contributed by atoms with van der Waals surface area (Å²) in [6.07, 6.45) is 3.39. The number of ether oxygens (including phenoxy) is 1. The number of benzene rings is 1. The highest BCUT2D eigenvalue weighted by Crippen LogP contribution is 2.46. The average Bonchev–Trinajstić information content (AvgIpc) is 2.67. The van der Waals surface area contributed by atoms with Gasteiger partial charge in [0.15, 0.2) is 11.6 Å². The van der Waals surface area contributed by atoms with E-state index in [4.69, 9.17) is 4.74 Å². The molecule has 2 atom stereocenters. The lowest BCUT2D eigenvalue weighted by molar-refractivity contribution is 0.0878. The van der Waals surface area contributed by atoms with E-state index in [-0.39, 0.29) is 12.2 Å². The molecule has 2 bridgehead atoms. The van der Waals surface area contributed by atoms with Crippen LogP contribution in [0.4, 0.5) is 8.78 Å². The number of rotatable bonds is 0. The largest absolute Gasteiger partial charge is 0.357 e. The van der Waals surface area contributed by atoms with E-state index in [9.17, 15) is 8.78 Å². The molecule has 1 aromatic carbocycles. The molecular weight excluding hydrogens is 174 g/mol. The summed E-state index contributed by atoms with van der Waals surface area (Å²) in [6.45, 7) is 0. The molecule has 1 aromatic rings. The normalized spacial score (nSPS) is 28.2. The topological polar surface area (TPSA) is 9.23 Å². The Kier molecular flexibility index (Phi) is 1.21. The van der Waals surface area contributed by atoms with Crippen molar-refractivity contribution < 1.29 is 13.5 Å². The predicted octanol–water partition coefficient (Wildman–Crippen LogP) is 2.65. The smallest absolute Gasteiger partial charge is 0.159 e. The summed E-state index contributed by atoms with van der Waals surface area (Å²) < 4.78 is 31.1. The zero-order chi connectivity index (χ0) is 9.00. The Morgan fingerprint density at radius 2 is 1.38 bits per heavy atom. The molecule has 0 saturated carbocycles. The molecule has 0 amide bonds. The van der Waals surface area contributed by atoms with Gasteiger partial charge in [0, 0.05) is 0 Å². The number of halogens is 2. The van der Waals surface area contributed by atoms with Crippen molar-refractivity contribution in [1.82, 2.24) is 0 Å². The Hall–Kier alpha value is -1.22. The van der Waals surface area contributed by atoms with Gasteiger partial charge in [0.25, 0.3) is 0 Å². The lowest BCUT2D eigenvalue weighted by Gasteiger charge is -2.06. The van der Waals surface area contributed by atoms with Gasteiger partial charge in [-0.1, -0.05) is 12.2 Å². The molecule has 3 rings (SSSR count). The molecule has 13 heavy (non-hydrogen) atoms. The van der Waals surface area contributed by atoms with Crippen LogP contribution < -0.4 is 0 Å². The molecule has 0 fully saturated rings. The van der Waals surface area contributed by atoms with E-state index in [1.54, 1.807) is 0 Å². The average molecular weight is 180 g/mol. The van der Waals surface area contributed by atoms with Crippen LogP contribution >= 0.6 is 0 Å². The van der Waals surface area contributed by atoms with Gasteiger partial charge in [-0.2, -0.15) is 0 Å². The summed E-state index contributed by atoms with van der Waals surface area (Å²) >= 11 is 0. The minimum Gasteiger partial charge on any atom is -0.357 e. The van der Waals surface area contributed by atoms with Gasteiger partial charge >= 0.3 is 0 Å². The fraction of sp³-hybridized carbons (Fsp3) is 0.200. The minimum atomic E-state index is -0.802. The molecule has 3 heteroatoms. The molecular formula is C10H6F2O. The van der Waals surface area contributed by atoms with Gasteiger partial charge in [-0.05, 0) is 23.3 Å². The molecule has 2 aliphatic heterocycles. The molecule has 2 aliphatic rings. The third-order valence-electron chi connectivity index (χ3n) is 2.49. The van der Waals surface area contributed by atoms with E-state index in [1.165, 1.54) is 12.1 Å². The Balaban J connectivity index is 2.25. The van der Waals surface area contributed by atoms with Gasteiger partial charge in [0.2, 0.25) is 0 Å². The second-order valence-electron chi connectivity index (χ2n) is 3.26. The van der Waals surface area contributed by atoms with Crippen LogP contribution in [-0.4, -0.2) is 0 Å². The van der Waals surface area contributed by atoms with Crippen molar-refractivity contribution in [3.63, 3.8) is 0 Å². The standard InChI is InChI=1S/C10H6F2O/c11-7-3-5-6(4-8(7)12)10-2-1-9(5)13-10/h1-4,9-10H/t9-,10-/m1/s1. The van der Waals surface area contributed by atoms with Crippen molar-refractivity contribution in [3.8, 4) is 0 Å². The lowest BCUT2D eigenvalue weighted by Crippen LogP contribution is -1.96.